The van der Waals surface area contributed by atoms with Gasteiger partial charge in [0.1, 0.15) is 5.75 Å². The zero-order chi connectivity index (χ0) is 14.7. The van der Waals surface area contributed by atoms with E-state index in [2.05, 4.69) is 0 Å². The lowest BCUT2D eigenvalue weighted by Gasteiger charge is -2.12. The van der Waals surface area contributed by atoms with Gasteiger partial charge in [-0.1, -0.05) is 34.8 Å². The van der Waals surface area contributed by atoms with Gasteiger partial charge in [-0.15, -0.1) is 0 Å². The van der Waals surface area contributed by atoms with Crippen molar-refractivity contribution in [3.8, 4) is 17.2 Å². The van der Waals surface area contributed by atoms with Crippen LogP contribution in [0.3, 0.4) is 0 Å². The number of carbonyl (C=O) groups is 1. The fraction of sp³-hybridized carbons (Fsp3) is 0.0714. The maximum atomic E-state index is 11.1. The molecule has 104 valence electrons. The number of esters is 1. The molecular formula is C14H9Cl3O3. The maximum absolute atomic E-state index is 11.1. The van der Waals surface area contributed by atoms with E-state index in [9.17, 15) is 4.79 Å². The Bertz CT molecular complexity index is 656. The standard InChI is InChI=1S/C14H9Cl3O3/c1-8(18)19-14-7-10(16)3-5-13(14)20-12-4-2-9(15)6-11(12)17/h2-7H,1H3. The molecule has 0 saturated heterocycles. The average molecular weight is 332 g/mol. The second-order valence-corrected chi connectivity index (χ2v) is 5.14. The first kappa shape index (κ1) is 15.0. The number of benzene rings is 2. The van der Waals surface area contributed by atoms with Crippen LogP contribution in [-0.4, -0.2) is 5.97 Å². The van der Waals surface area contributed by atoms with Crippen LogP contribution in [0.5, 0.6) is 17.2 Å². The predicted octanol–water partition coefficient (Wildman–Crippen LogP) is 5.36. The lowest BCUT2D eigenvalue weighted by Crippen LogP contribution is -2.02. The molecule has 20 heavy (non-hydrogen) atoms. The molecule has 0 amide bonds. The van der Waals surface area contributed by atoms with Crippen LogP contribution < -0.4 is 9.47 Å². The van der Waals surface area contributed by atoms with Crippen molar-refractivity contribution >= 4 is 40.8 Å². The van der Waals surface area contributed by atoms with Gasteiger partial charge in [0, 0.05) is 23.0 Å². The molecule has 0 atom stereocenters. The third-order valence-electron chi connectivity index (χ3n) is 2.27. The Morgan fingerprint density at radius 2 is 1.50 bits per heavy atom. The number of hydrogen-bond donors (Lipinski definition) is 0. The minimum absolute atomic E-state index is 0.219. The second-order valence-electron chi connectivity index (χ2n) is 3.86. The van der Waals surface area contributed by atoms with Gasteiger partial charge in [0.25, 0.3) is 0 Å². The Morgan fingerprint density at radius 1 is 0.900 bits per heavy atom. The molecule has 0 spiro atoms. The summed E-state index contributed by atoms with van der Waals surface area (Å²) >= 11 is 17.7. The molecule has 0 N–H and O–H groups in total. The highest BCUT2D eigenvalue weighted by Gasteiger charge is 2.11. The van der Waals surface area contributed by atoms with Crippen LogP contribution in [0.2, 0.25) is 15.1 Å². The first-order chi connectivity index (χ1) is 9.45. The molecule has 0 aliphatic carbocycles. The SMILES string of the molecule is CC(=O)Oc1cc(Cl)ccc1Oc1ccc(Cl)cc1Cl. The number of ether oxygens (including phenoxy) is 2. The van der Waals surface area contributed by atoms with E-state index < -0.39 is 5.97 Å². The Hall–Kier alpha value is -1.42. The first-order valence-electron chi connectivity index (χ1n) is 5.56. The van der Waals surface area contributed by atoms with Crippen molar-refractivity contribution in [2.24, 2.45) is 0 Å². The normalized spacial score (nSPS) is 10.2. The van der Waals surface area contributed by atoms with Crippen LogP contribution in [0.4, 0.5) is 0 Å². The zero-order valence-corrected chi connectivity index (χ0v) is 12.6. The molecular weight excluding hydrogens is 323 g/mol. The largest absolute Gasteiger partial charge is 0.452 e. The van der Waals surface area contributed by atoms with E-state index in [1.807, 2.05) is 0 Å². The van der Waals surface area contributed by atoms with E-state index in [1.54, 1.807) is 30.3 Å². The lowest BCUT2D eigenvalue weighted by molar-refractivity contribution is -0.131. The van der Waals surface area contributed by atoms with E-state index in [0.29, 0.717) is 26.6 Å². The molecule has 2 aromatic rings. The monoisotopic (exact) mass is 330 g/mol. The van der Waals surface area contributed by atoms with Gasteiger partial charge >= 0.3 is 5.97 Å². The van der Waals surface area contributed by atoms with Gasteiger partial charge in [-0.2, -0.15) is 0 Å². The highest BCUT2D eigenvalue weighted by Crippen LogP contribution is 2.37. The van der Waals surface area contributed by atoms with E-state index >= 15 is 0 Å². The Kier molecular flexibility index (Phi) is 4.76. The number of halogens is 3. The van der Waals surface area contributed by atoms with E-state index in [-0.39, 0.29) is 5.75 Å². The summed E-state index contributed by atoms with van der Waals surface area (Å²) < 4.78 is 10.7. The van der Waals surface area contributed by atoms with Crippen molar-refractivity contribution < 1.29 is 14.3 Å². The van der Waals surface area contributed by atoms with E-state index in [1.165, 1.54) is 13.0 Å². The summed E-state index contributed by atoms with van der Waals surface area (Å²) in [5, 5.41) is 1.27. The smallest absolute Gasteiger partial charge is 0.308 e. The summed E-state index contributed by atoms with van der Waals surface area (Å²) in [5.74, 6) is 0.468. The zero-order valence-electron chi connectivity index (χ0n) is 10.3. The van der Waals surface area contributed by atoms with Crippen molar-refractivity contribution in [3.63, 3.8) is 0 Å². The first-order valence-corrected chi connectivity index (χ1v) is 6.70. The molecule has 0 bridgehead atoms. The van der Waals surface area contributed by atoms with E-state index in [0.717, 1.165) is 0 Å². The van der Waals surface area contributed by atoms with Crippen molar-refractivity contribution in [3.05, 3.63) is 51.5 Å². The third kappa shape index (κ3) is 3.79. The topological polar surface area (TPSA) is 35.5 Å². The van der Waals surface area contributed by atoms with Crippen LogP contribution in [-0.2, 0) is 4.79 Å². The molecule has 2 aromatic carbocycles. The van der Waals surface area contributed by atoms with Crippen molar-refractivity contribution in [2.45, 2.75) is 6.92 Å². The van der Waals surface area contributed by atoms with Crippen LogP contribution in [0, 0.1) is 0 Å². The number of carbonyl (C=O) groups excluding carboxylic acids is 1. The number of rotatable bonds is 3. The lowest BCUT2D eigenvalue weighted by atomic mass is 10.3. The molecule has 0 radical (unpaired) electrons. The van der Waals surface area contributed by atoms with Crippen LogP contribution in [0.15, 0.2) is 36.4 Å². The molecule has 2 rings (SSSR count). The van der Waals surface area contributed by atoms with Gasteiger partial charge in [-0.3, -0.25) is 4.79 Å². The fourth-order valence-corrected chi connectivity index (χ4v) is 2.09. The second kappa shape index (κ2) is 6.35. The molecule has 0 fully saturated rings. The van der Waals surface area contributed by atoms with Gasteiger partial charge in [0.2, 0.25) is 0 Å². The average Bonchev–Trinajstić information content (AvgIpc) is 2.34. The quantitative estimate of drug-likeness (QED) is 0.560. The summed E-state index contributed by atoms with van der Waals surface area (Å²) in [6.07, 6.45) is 0. The van der Waals surface area contributed by atoms with Crippen LogP contribution >= 0.6 is 34.8 Å². The van der Waals surface area contributed by atoms with Crippen molar-refractivity contribution in [1.29, 1.82) is 0 Å². The van der Waals surface area contributed by atoms with E-state index in [4.69, 9.17) is 44.3 Å². The Balaban J connectivity index is 2.35. The third-order valence-corrected chi connectivity index (χ3v) is 3.04. The summed E-state index contributed by atoms with van der Waals surface area (Å²) in [6, 6.07) is 9.52. The highest BCUT2D eigenvalue weighted by atomic mass is 35.5. The summed E-state index contributed by atoms with van der Waals surface area (Å²) in [7, 11) is 0. The number of hydrogen-bond acceptors (Lipinski definition) is 3. The van der Waals surface area contributed by atoms with Gasteiger partial charge < -0.3 is 9.47 Å². The van der Waals surface area contributed by atoms with Crippen molar-refractivity contribution in [2.75, 3.05) is 0 Å². The summed E-state index contributed by atoms with van der Waals surface area (Å²) in [6.45, 7) is 1.29. The summed E-state index contributed by atoms with van der Waals surface area (Å²) in [4.78, 5) is 11.1. The minimum Gasteiger partial charge on any atom is -0.452 e. The van der Waals surface area contributed by atoms with Gasteiger partial charge in [0.15, 0.2) is 11.5 Å². The molecule has 0 heterocycles. The minimum atomic E-state index is -0.473. The van der Waals surface area contributed by atoms with Crippen LogP contribution in [0.25, 0.3) is 0 Å². The molecule has 0 saturated carbocycles. The summed E-state index contributed by atoms with van der Waals surface area (Å²) in [5.41, 5.74) is 0. The molecule has 0 aliphatic heterocycles. The van der Waals surface area contributed by atoms with Gasteiger partial charge in [0.05, 0.1) is 5.02 Å². The maximum Gasteiger partial charge on any atom is 0.308 e. The molecule has 6 heteroatoms. The van der Waals surface area contributed by atoms with Crippen molar-refractivity contribution in [1.82, 2.24) is 0 Å². The fourth-order valence-electron chi connectivity index (χ4n) is 1.48. The molecule has 3 nitrogen and oxygen atoms in total. The Labute approximate surface area is 131 Å². The predicted molar refractivity (Wildman–Crippen MR) is 79.3 cm³/mol. The van der Waals surface area contributed by atoms with Gasteiger partial charge in [-0.05, 0) is 30.3 Å². The molecule has 0 aromatic heterocycles. The highest BCUT2D eigenvalue weighted by molar-refractivity contribution is 6.35. The van der Waals surface area contributed by atoms with Gasteiger partial charge in [-0.25, -0.2) is 0 Å². The Morgan fingerprint density at radius 3 is 2.10 bits per heavy atom. The van der Waals surface area contributed by atoms with Crippen LogP contribution in [0.1, 0.15) is 6.92 Å². The molecule has 0 unspecified atom stereocenters. The molecule has 0 aliphatic rings.